The van der Waals surface area contributed by atoms with Crippen molar-refractivity contribution < 1.29 is 4.79 Å². The van der Waals surface area contributed by atoms with Crippen LogP contribution in [-0.2, 0) is 4.79 Å². The highest BCUT2D eigenvalue weighted by Gasteiger charge is 2.37. The van der Waals surface area contributed by atoms with E-state index in [1.165, 1.54) is 0 Å². The molecule has 1 saturated heterocycles. The first-order valence-corrected chi connectivity index (χ1v) is 8.39. The molecule has 0 saturated carbocycles. The molecule has 2 atom stereocenters. The van der Waals surface area contributed by atoms with Gasteiger partial charge in [0.05, 0.1) is 15.8 Å². The number of thiophene rings is 1. The Hall–Kier alpha value is -0.510. The topological polar surface area (TPSA) is 52.9 Å². The van der Waals surface area contributed by atoms with Gasteiger partial charge in [-0.25, -0.2) is 0 Å². The molecular formula is C12H13BrN2OS2. The molecule has 1 aliphatic rings. The zero-order valence-electron chi connectivity index (χ0n) is 9.90. The van der Waals surface area contributed by atoms with E-state index in [0.717, 1.165) is 20.8 Å². The summed E-state index contributed by atoms with van der Waals surface area (Å²) < 4.78 is 1.02. The third-order valence-corrected chi connectivity index (χ3v) is 6.01. The van der Waals surface area contributed by atoms with Crippen LogP contribution < -0.4 is 5.32 Å². The van der Waals surface area contributed by atoms with Gasteiger partial charge in [-0.3, -0.25) is 4.79 Å². The number of hydrogen-bond acceptors (Lipinski definition) is 4. The van der Waals surface area contributed by atoms with E-state index in [4.69, 9.17) is 0 Å². The van der Waals surface area contributed by atoms with Crippen LogP contribution in [0.4, 0.5) is 0 Å². The molecule has 1 N–H and O–H groups in total. The first-order valence-electron chi connectivity index (χ1n) is 5.62. The lowest BCUT2D eigenvalue weighted by Gasteiger charge is -2.23. The number of nitrogens with zero attached hydrogens (tertiary/aromatic N) is 1. The SMILES string of the molecule is C[C@H](C(=O)N[C@@]1(C#N)CCSC1)c1ccc(Br)s1. The van der Waals surface area contributed by atoms with Crippen LogP contribution in [0.3, 0.4) is 0 Å². The molecule has 0 aliphatic carbocycles. The minimum atomic E-state index is -0.662. The van der Waals surface area contributed by atoms with Crippen molar-refractivity contribution in [3.05, 3.63) is 20.8 Å². The van der Waals surface area contributed by atoms with E-state index in [2.05, 4.69) is 27.3 Å². The average Bonchev–Trinajstić information content (AvgIpc) is 2.98. The molecule has 2 heterocycles. The minimum Gasteiger partial charge on any atom is -0.337 e. The van der Waals surface area contributed by atoms with Gasteiger partial charge in [0.1, 0.15) is 5.54 Å². The van der Waals surface area contributed by atoms with Crippen LogP contribution in [0.15, 0.2) is 15.9 Å². The fourth-order valence-corrected chi connectivity index (χ4v) is 4.55. The number of hydrogen-bond donors (Lipinski definition) is 1. The molecule has 6 heteroatoms. The van der Waals surface area contributed by atoms with E-state index in [1.54, 1.807) is 23.1 Å². The standard InChI is InChI=1S/C12H13BrN2OS2/c1-8(9-2-3-10(13)18-9)11(16)15-12(6-14)4-5-17-7-12/h2-3,8H,4-5,7H2,1H3,(H,15,16)/t8-,12+/m0/s1. The van der Waals surface area contributed by atoms with Gasteiger partial charge in [0.2, 0.25) is 5.91 Å². The molecule has 1 amide bonds. The molecule has 2 rings (SSSR count). The number of nitrogens with one attached hydrogen (secondary N) is 1. The van der Waals surface area contributed by atoms with Crippen molar-refractivity contribution in [3.8, 4) is 6.07 Å². The summed E-state index contributed by atoms with van der Waals surface area (Å²) in [5.74, 6) is 1.36. The lowest BCUT2D eigenvalue weighted by Crippen LogP contribution is -2.48. The van der Waals surface area contributed by atoms with E-state index in [9.17, 15) is 10.1 Å². The summed E-state index contributed by atoms with van der Waals surface area (Å²) in [4.78, 5) is 13.2. The van der Waals surface area contributed by atoms with Crippen LogP contribution >= 0.6 is 39.0 Å². The van der Waals surface area contributed by atoms with Gasteiger partial charge in [-0.15, -0.1) is 11.3 Å². The van der Waals surface area contributed by atoms with E-state index in [0.29, 0.717) is 5.75 Å². The molecule has 1 aromatic heterocycles. The van der Waals surface area contributed by atoms with Gasteiger partial charge in [0, 0.05) is 10.6 Å². The summed E-state index contributed by atoms with van der Waals surface area (Å²) in [5, 5.41) is 12.2. The maximum atomic E-state index is 12.2. The van der Waals surface area contributed by atoms with Crippen molar-refractivity contribution in [2.45, 2.75) is 24.8 Å². The van der Waals surface area contributed by atoms with E-state index in [1.807, 2.05) is 19.1 Å². The Morgan fingerprint density at radius 3 is 2.94 bits per heavy atom. The minimum absolute atomic E-state index is 0.0617. The fraction of sp³-hybridized carbons (Fsp3) is 0.500. The predicted octanol–water partition coefficient (Wildman–Crippen LogP) is 3.13. The average molecular weight is 345 g/mol. The van der Waals surface area contributed by atoms with Crippen molar-refractivity contribution in [2.75, 3.05) is 11.5 Å². The number of nitriles is 1. The lowest BCUT2D eigenvalue weighted by atomic mass is 9.99. The summed E-state index contributed by atoms with van der Waals surface area (Å²) in [6.45, 7) is 1.88. The number of carbonyl (C=O) groups is 1. The highest BCUT2D eigenvalue weighted by Crippen LogP contribution is 2.31. The summed E-state index contributed by atoms with van der Waals surface area (Å²) in [6, 6.07) is 6.15. The van der Waals surface area contributed by atoms with Gasteiger partial charge >= 0.3 is 0 Å². The number of thioether (sulfide) groups is 1. The molecule has 0 bridgehead atoms. The maximum Gasteiger partial charge on any atom is 0.229 e. The van der Waals surface area contributed by atoms with Gasteiger partial charge < -0.3 is 5.32 Å². The van der Waals surface area contributed by atoms with Gasteiger partial charge in [0.25, 0.3) is 0 Å². The first-order chi connectivity index (χ1) is 8.56. The fourth-order valence-electron chi connectivity index (χ4n) is 1.81. The van der Waals surface area contributed by atoms with Gasteiger partial charge in [0.15, 0.2) is 0 Å². The Labute approximate surface area is 123 Å². The maximum absolute atomic E-state index is 12.2. The Bertz CT molecular complexity index is 489. The zero-order chi connectivity index (χ0) is 13.2. The molecule has 3 nitrogen and oxygen atoms in total. The molecule has 0 spiro atoms. The molecule has 96 valence electrons. The summed E-state index contributed by atoms with van der Waals surface area (Å²) >= 11 is 6.67. The van der Waals surface area contributed by atoms with Crippen LogP contribution in [0.5, 0.6) is 0 Å². The van der Waals surface area contributed by atoms with Crippen LogP contribution in [0.1, 0.15) is 24.1 Å². The second-order valence-corrected chi connectivity index (χ2v) is 7.95. The largest absolute Gasteiger partial charge is 0.337 e. The summed E-state index contributed by atoms with van der Waals surface area (Å²) in [6.07, 6.45) is 0.737. The Balaban J connectivity index is 2.06. The first kappa shape index (κ1) is 13.9. The second-order valence-electron chi connectivity index (χ2n) is 4.35. The van der Waals surface area contributed by atoms with Crippen molar-refractivity contribution in [1.29, 1.82) is 5.26 Å². The second kappa shape index (κ2) is 5.64. The number of rotatable bonds is 3. The molecule has 1 aliphatic heterocycles. The highest BCUT2D eigenvalue weighted by molar-refractivity contribution is 9.11. The zero-order valence-corrected chi connectivity index (χ0v) is 13.1. The van der Waals surface area contributed by atoms with Crippen molar-refractivity contribution in [1.82, 2.24) is 5.32 Å². The molecule has 0 radical (unpaired) electrons. The van der Waals surface area contributed by atoms with Crippen LogP contribution in [0.25, 0.3) is 0 Å². The van der Waals surface area contributed by atoms with E-state index < -0.39 is 5.54 Å². The third-order valence-electron chi connectivity index (χ3n) is 3.01. The predicted molar refractivity (Wildman–Crippen MR) is 78.9 cm³/mol. The van der Waals surface area contributed by atoms with Crippen molar-refractivity contribution in [2.24, 2.45) is 0 Å². The van der Waals surface area contributed by atoms with Crippen LogP contribution in [-0.4, -0.2) is 23.0 Å². The summed E-state index contributed by atoms with van der Waals surface area (Å²) in [5.41, 5.74) is -0.662. The Kier molecular flexibility index (Phi) is 4.36. The third kappa shape index (κ3) is 2.90. The number of halogens is 1. The monoisotopic (exact) mass is 344 g/mol. The quantitative estimate of drug-likeness (QED) is 0.916. The van der Waals surface area contributed by atoms with E-state index >= 15 is 0 Å². The lowest BCUT2D eigenvalue weighted by molar-refractivity contribution is -0.123. The van der Waals surface area contributed by atoms with E-state index in [-0.39, 0.29) is 11.8 Å². The highest BCUT2D eigenvalue weighted by atomic mass is 79.9. The van der Waals surface area contributed by atoms with Crippen LogP contribution in [0, 0.1) is 11.3 Å². The molecule has 1 fully saturated rings. The molecule has 18 heavy (non-hydrogen) atoms. The smallest absolute Gasteiger partial charge is 0.229 e. The Morgan fingerprint density at radius 1 is 1.67 bits per heavy atom. The normalized spacial score (nSPS) is 24.5. The molecule has 1 aromatic rings. The molecule has 0 aromatic carbocycles. The van der Waals surface area contributed by atoms with Gasteiger partial charge in [-0.2, -0.15) is 17.0 Å². The van der Waals surface area contributed by atoms with Crippen molar-refractivity contribution in [3.63, 3.8) is 0 Å². The van der Waals surface area contributed by atoms with Crippen molar-refractivity contribution >= 4 is 44.9 Å². The Morgan fingerprint density at radius 2 is 2.44 bits per heavy atom. The van der Waals surface area contributed by atoms with Gasteiger partial charge in [-0.05, 0) is 47.2 Å². The molecular weight excluding hydrogens is 332 g/mol. The number of amides is 1. The van der Waals surface area contributed by atoms with Crippen LogP contribution in [0.2, 0.25) is 0 Å². The molecule has 0 unspecified atom stereocenters. The number of carbonyl (C=O) groups excluding carboxylic acids is 1. The van der Waals surface area contributed by atoms with Gasteiger partial charge in [-0.1, -0.05) is 0 Å². The summed E-state index contributed by atoms with van der Waals surface area (Å²) in [7, 11) is 0.